The molecule has 0 saturated carbocycles. The molecule has 5 N–H and O–H groups in total. The number of nitrogens with one attached hydrogen (secondary N) is 1. The van der Waals surface area contributed by atoms with Crippen molar-refractivity contribution in [2.75, 3.05) is 14.2 Å². The van der Waals surface area contributed by atoms with Crippen molar-refractivity contribution >= 4 is 5.69 Å². The van der Waals surface area contributed by atoms with Gasteiger partial charge >= 0.3 is 0 Å². The van der Waals surface area contributed by atoms with Crippen molar-refractivity contribution in [2.24, 2.45) is 0 Å². The van der Waals surface area contributed by atoms with Gasteiger partial charge in [-0.3, -0.25) is 0 Å². The number of hydrogen-bond donors (Lipinski definition) is 3. The summed E-state index contributed by atoms with van der Waals surface area (Å²) >= 11 is 0. The van der Waals surface area contributed by atoms with Crippen LogP contribution in [0.5, 0.6) is 5.75 Å². The predicted octanol–water partition coefficient (Wildman–Crippen LogP) is 0.396. The minimum absolute atomic E-state index is 0.872. The van der Waals surface area contributed by atoms with Gasteiger partial charge in [0.15, 0.2) is 5.69 Å². The molecule has 0 atom stereocenters. The Morgan fingerprint density at radius 2 is 2.06 bits per heavy atom. The highest BCUT2D eigenvalue weighted by Gasteiger charge is 1.98. The van der Waals surface area contributed by atoms with Gasteiger partial charge in [0.05, 0.1) is 26.1 Å². The van der Waals surface area contributed by atoms with Gasteiger partial charge in [-0.1, -0.05) is 13.0 Å². The molecule has 4 nitrogen and oxygen atoms in total. The Hall–Kier alpha value is -1.78. The minimum Gasteiger partial charge on any atom is -0.497 e. The third-order valence-corrected chi connectivity index (χ3v) is 2.41. The highest BCUT2D eigenvalue weighted by atomic mass is 16.5. The van der Waals surface area contributed by atoms with Crippen molar-refractivity contribution < 1.29 is 15.5 Å². The van der Waals surface area contributed by atoms with E-state index in [2.05, 4.69) is 24.5 Å². The molecular weight excluding hydrogens is 226 g/mol. The second-order valence-electron chi connectivity index (χ2n) is 3.82. The first-order valence-corrected chi connectivity index (χ1v) is 6.20. The number of nitrogens with two attached hydrogens (primary N) is 2. The number of hydrogen-bond acceptors (Lipinski definition) is 2. The molecule has 0 heterocycles. The highest BCUT2D eigenvalue weighted by molar-refractivity contribution is 5.35. The zero-order valence-electron chi connectivity index (χ0n) is 11.3. The van der Waals surface area contributed by atoms with Gasteiger partial charge in [-0.15, -0.1) is 0 Å². The first-order chi connectivity index (χ1) is 8.80. The lowest BCUT2D eigenvalue weighted by atomic mass is 10.3. The van der Waals surface area contributed by atoms with E-state index in [9.17, 15) is 0 Å². The van der Waals surface area contributed by atoms with Crippen molar-refractivity contribution in [3.63, 3.8) is 0 Å². The van der Waals surface area contributed by atoms with Crippen LogP contribution in [0.4, 0.5) is 5.69 Å². The third kappa shape index (κ3) is 5.03. The van der Waals surface area contributed by atoms with E-state index in [0.29, 0.717) is 0 Å². The van der Waals surface area contributed by atoms with Crippen LogP contribution >= 0.6 is 0 Å². The number of methoxy groups -OCH3 is 1. The lowest BCUT2D eigenvalue weighted by Gasteiger charge is -2.05. The van der Waals surface area contributed by atoms with Crippen LogP contribution in [0.1, 0.15) is 13.3 Å². The van der Waals surface area contributed by atoms with Crippen LogP contribution in [0.2, 0.25) is 0 Å². The summed E-state index contributed by atoms with van der Waals surface area (Å²) in [6.45, 7) is 2.12. The molecule has 18 heavy (non-hydrogen) atoms. The smallest absolute Gasteiger partial charge is 0.154 e. The Bertz CT molecular complexity index is 396. The molecular formula is C14H23N3O+2. The third-order valence-electron chi connectivity index (χ3n) is 2.41. The van der Waals surface area contributed by atoms with Gasteiger partial charge in [-0.05, 0) is 18.6 Å². The molecule has 0 unspecified atom stereocenters. The zero-order valence-corrected chi connectivity index (χ0v) is 11.3. The molecule has 0 aliphatic heterocycles. The van der Waals surface area contributed by atoms with Gasteiger partial charge in [0, 0.05) is 18.2 Å². The topological polar surface area (TPSA) is 54.5 Å². The van der Waals surface area contributed by atoms with Crippen LogP contribution in [0.15, 0.2) is 48.3 Å². The summed E-state index contributed by atoms with van der Waals surface area (Å²) in [4.78, 5) is 0. The van der Waals surface area contributed by atoms with Crippen molar-refractivity contribution in [3.05, 3.63) is 48.3 Å². The van der Waals surface area contributed by atoms with Crippen LogP contribution in [0.25, 0.3) is 0 Å². The Morgan fingerprint density at radius 1 is 1.33 bits per heavy atom. The molecule has 0 aromatic heterocycles. The standard InChI is InChI=1S/C14H21N3O/c1-4-5-12(10-11-15-2)16-17-13-6-8-14(18-3)9-7-13/h5-11,15-17H,4H2,1-3H3/p+2. The maximum atomic E-state index is 5.13. The molecule has 0 aliphatic rings. The highest BCUT2D eigenvalue weighted by Crippen LogP contribution is 2.10. The van der Waals surface area contributed by atoms with Crippen LogP contribution in [-0.2, 0) is 0 Å². The Kier molecular flexibility index (Phi) is 6.61. The number of allylic oxidation sites excluding steroid dienone is 2. The van der Waals surface area contributed by atoms with Crippen LogP contribution in [0, 0.1) is 0 Å². The number of ether oxygens (including phenoxy) is 1. The average molecular weight is 249 g/mol. The summed E-state index contributed by atoms with van der Waals surface area (Å²) in [7, 11) is 3.68. The maximum Gasteiger partial charge on any atom is 0.154 e. The quantitative estimate of drug-likeness (QED) is 0.283. The van der Waals surface area contributed by atoms with Gasteiger partial charge < -0.3 is 10.1 Å². The van der Waals surface area contributed by atoms with Gasteiger partial charge in [0.1, 0.15) is 5.75 Å². The maximum absolute atomic E-state index is 5.13. The number of rotatable bonds is 7. The molecule has 0 saturated heterocycles. The summed E-state index contributed by atoms with van der Waals surface area (Å²) in [5, 5.41) is 2.01. The largest absolute Gasteiger partial charge is 0.497 e. The molecule has 0 bridgehead atoms. The fourth-order valence-corrected chi connectivity index (χ4v) is 1.46. The average Bonchev–Trinajstić information content (AvgIpc) is 2.42. The molecule has 4 heteroatoms. The monoisotopic (exact) mass is 249 g/mol. The molecule has 0 spiro atoms. The zero-order chi connectivity index (χ0) is 13.2. The van der Waals surface area contributed by atoms with Crippen LogP contribution < -0.4 is 20.9 Å². The molecule has 0 radical (unpaired) electrons. The van der Waals surface area contributed by atoms with Crippen molar-refractivity contribution in [1.29, 1.82) is 0 Å². The van der Waals surface area contributed by atoms with Gasteiger partial charge in [0.2, 0.25) is 0 Å². The lowest BCUT2D eigenvalue weighted by molar-refractivity contribution is -0.625. The summed E-state index contributed by atoms with van der Waals surface area (Å²) < 4.78 is 5.13. The molecule has 1 aromatic rings. The van der Waals surface area contributed by atoms with E-state index in [1.807, 2.05) is 48.3 Å². The van der Waals surface area contributed by atoms with Crippen LogP contribution in [0.3, 0.4) is 0 Å². The lowest BCUT2D eigenvalue weighted by Crippen LogP contribution is -2.87. The van der Waals surface area contributed by atoms with Crippen molar-refractivity contribution in [2.45, 2.75) is 13.3 Å². The SMILES string of the molecule is CCC=C(C=C[NH2+]C)N[NH2+]c1ccc(OC)cc1. The minimum atomic E-state index is 0.872. The summed E-state index contributed by atoms with van der Waals surface area (Å²) in [6.07, 6.45) is 7.24. The second-order valence-corrected chi connectivity index (χ2v) is 3.82. The number of benzene rings is 1. The van der Waals surface area contributed by atoms with E-state index in [4.69, 9.17) is 4.74 Å². The van der Waals surface area contributed by atoms with Gasteiger partial charge in [-0.2, -0.15) is 0 Å². The van der Waals surface area contributed by atoms with E-state index in [1.54, 1.807) is 7.11 Å². The van der Waals surface area contributed by atoms with E-state index in [0.717, 1.165) is 23.6 Å². The van der Waals surface area contributed by atoms with Gasteiger partial charge in [0.25, 0.3) is 0 Å². The van der Waals surface area contributed by atoms with Gasteiger partial charge in [-0.25, -0.2) is 10.9 Å². The van der Waals surface area contributed by atoms with E-state index in [1.165, 1.54) is 0 Å². The first kappa shape index (κ1) is 14.3. The second kappa shape index (κ2) is 8.33. The Balaban J connectivity index is 2.55. The Morgan fingerprint density at radius 3 is 2.61 bits per heavy atom. The molecule has 0 aliphatic carbocycles. The Labute approximate surface area is 109 Å². The van der Waals surface area contributed by atoms with E-state index in [-0.39, 0.29) is 0 Å². The van der Waals surface area contributed by atoms with Crippen molar-refractivity contribution in [3.8, 4) is 5.75 Å². The molecule has 0 amide bonds. The van der Waals surface area contributed by atoms with Crippen molar-refractivity contribution in [1.82, 2.24) is 5.43 Å². The molecule has 0 fully saturated rings. The molecule has 98 valence electrons. The summed E-state index contributed by atoms with van der Waals surface area (Å²) in [6, 6.07) is 7.94. The fourth-order valence-electron chi connectivity index (χ4n) is 1.46. The number of quaternary nitrogens is 2. The summed E-state index contributed by atoms with van der Waals surface area (Å²) in [5.41, 5.74) is 7.51. The first-order valence-electron chi connectivity index (χ1n) is 6.20. The molecule has 1 aromatic carbocycles. The summed E-state index contributed by atoms with van der Waals surface area (Å²) in [5.74, 6) is 0.872. The predicted molar refractivity (Wildman–Crippen MR) is 73.1 cm³/mol. The van der Waals surface area contributed by atoms with Crippen LogP contribution in [-0.4, -0.2) is 14.2 Å². The molecule has 1 rings (SSSR count). The van der Waals surface area contributed by atoms with E-state index >= 15 is 0 Å². The van der Waals surface area contributed by atoms with E-state index < -0.39 is 0 Å². The fraction of sp³-hybridized carbons (Fsp3) is 0.286. The normalized spacial score (nSPS) is 11.8.